The molecule has 0 unspecified atom stereocenters. The second kappa shape index (κ2) is 5.17. The Bertz CT molecular complexity index is 496. The molecule has 1 fully saturated rings. The number of nitrogen functional groups attached to an aromatic ring is 1. The van der Waals surface area contributed by atoms with Crippen molar-refractivity contribution in [3.63, 3.8) is 0 Å². The summed E-state index contributed by atoms with van der Waals surface area (Å²) in [4.78, 5) is 12.0. The molecule has 1 aliphatic carbocycles. The lowest BCUT2D eigenvalue weighted by Crippen LogP contribution is -2.41. The first kappa shape index (κ1) is 13.8. The molecule has 4 N–H and O–H groups in total. The highest BCUT2D eigenvalue weighted by atomic mass is 19.1. The number of hydrogen-bond acceptors (Lipinski definition) is 3. The molecule has 0 bridgehead atoms. The molecule has 0 aliphatic heterocycles. The molecular weight excluding hydrogens is 247 g/mol. The first-order valence-electron chi connectivity index (χ1n) is 6.47. The van der Waals surface area contributed by atoms with E-state index in [0.717, 1.165) is 12.8 Å². The Labute approximate surface area is 111 Å². The summed E-state index contributed by atoms with van der Waals surface area (Å²) in [5, 5.41) is 12.7. The summed E-state index contributed by atoms with van der Waals surface area (Å²) >= 11 is 0. The first-order valence-corrected chi connectivity index (χ1v) is 6.47. The third kappa shape index (κ3) is 3.04. The van der Waals surface area contributed by atoms with Crippen molar-refractivity contribution >= 4 is 11.6 Å². The second-order valence-corrected chi connectivity index (χ2v) is 5.31. The van der Waals surface area contributed by atoms with E-state index >= 15 is 0 Å². The van der Waals surface area contributed by atoms with Crippen LogP contribution in [0, 0.1) is 12.7 Å². The summed E-state index contributed by atoms with van der Waals surface area (Å²) in [6.45, 7) is 1.71. The van der Waals surface area contributed by atoms with Gasteiger partial charge < -0.3 is 16.2 Å². The maximum atomic E-state index is 13.8. The Morgan fingerprint density at radius 3 is 2.74 bits per heavy atom. The van der Waals surface area contributed by atoms with E-state index in [4.69, 9.17) is 5.73 Å². The van der Waals surface area contributed by atoms with Crippen molar-refractivity contribution in [3.8, 4) is 0 Å². The van der Waals surface area contributed by atoms with Gasteiger partial charge in [-0.25, -0.2) is 4.39 Å². The van der Waals surface area contributed by atoms with Crippen LogP contribution in [-0.4, -0.2) is 23.2 Å². The predicted molar refractivity (Wildman–Crippen MR) is 71.3 cm³/mol. The van der Waals surface area contributed by atoms with Gasteiger partial charge in [0.15, 0.2) is 0 Å². The SMILES string of the molecule is Cc1cc(N)cc(C(=O)NCC2(O)CCCC2)c1F. The molecule has 4 nitrogen and oxygen atoms in total. The molecule has 5 heteroatoms. The molecular formula is C14H19FN2O2. The molecule has 0 saturated heterocycles. The van der Waals surface area contributed by atoms with Gasteiger partial charge in [-0.05, 0) is 37.5 Å². The van der Waals surface area contributed by atoms with Crippen molar-refractivity contribution in [1.29, 1.82) is 0 Å². The van der Waals surface area contributed by atoms with Gasteiger partial charge in [0.25, 0.3) is 5.91 Å². The van der Waals surface area contributed by atoms with Crippen LogP contribution in [0.15, 0.2) is 12.1 Å². The number of anilines is 1. The molecule has 1 aliphatic rings. The summed E-state index contributed by atoms with van der Waals surface area (Å²) < 4.78 is 13.8. The van der Waals surface area contributed by atoms with Crippen LogP contribution < -0.4 is 11.1 Å². The number of aryl methyl sites for hydroxylation is 1. The molecule has 0 radical (unpaired) electrons. The minimum atomic E-state index is -0.846. The maximum absolute atomic E-state index is 13.8. The molecule has 0 atom stereocenters. The number of aliphatic hydroxyl groups is 1. The van der Waals surface area contributed by atoms with Gasteiger partial charge in [0.2, 0.25) is 0 Å². The fourth-order valence-corrected chi connectivity index (χ4v) is 2.51. The van der Waals surface area contributed by atoms with Crippen LogP contribution in [0.4, 0.5) is 10.1 Å². The number of carbonyl (C=O) groups excluding carboxylic acids is 1. The smallest absolute Gasteiger partial charge is 0.254 e. The fourth-order valence-electron chi connectivity index (χ4n) is 2.51. The average molecular weight is 266 g/mol. The lowest BCUT2D eigenvalue weighted by molar-refractivity contribution is 0.0448. The molecule has 1 aromatic carbocycles. The van der Waals surface area contributed by atoms with Gasteiger partial charge in [0, 0.05) is 12.2 Å². The Balaban J connectivity index is 2.08. The van der Waals surface area contributed by atoms with Crippen LogP contribution in [0.5, 0.6) is 0 Å². The zero-order valence-corrected chi connectivity index (χ0v) is 11.0. The molecule has 0 spiro atoms. The standard InChI is InChI=1S/C14H19FN2O2/c1-9-6-10(16)7-11(12(9)15)13(18)17-8-14(19)4-2-3-5-14/h6-7,19H,2-5,8,16H2,1H3,(H,17,18). The number of amides is 1. The molecule has 104 valence electrons. The lowest BCUT2D eigenvalue weighted by atomic mass is 10.0. The number of rotatable bonds is 3. The van der Waals surface area contributed by atoms with Crippen LogP contribution in [0.2, 0.25) is 0 Å². The third-order valence-corrected chi connectivity index (χ3v) is 3.63. The minimum Gasteiger partial charge on any atom is -0.399 e. The summed E-state index contributed by atoms with van der Waals surface area (Å²) in [6, 6.07) is 2.80. The fraction of sp³-hybridized carbons (Fsp3) is 0.500. The van der Waals surface area contributed by atoms with E-state index in [1.54, 1.807) is 6.92 Å². The number of benzene rings is 1. The van der Waals surface area contributed by atoms with Crippen molar-refractivity contribution in [2.24, 2.45) is 0 Å². The molecule has 0 heterocycles. The van der Waals surface area contributed by atoms with Crippen LogP contribution in [0.25, 0.3) is 0 Å². The van der Waals surface area contributed by atoms with Crippen LogP contribution in [0.1, 0.15) is 41.6 Å². The van der Waals surface area contributed by atoms with Crippen molar-refractivity contribution in [3.05, 3.63) is 29.1 Å². The normalized spacial score (nSPS) is 17.4. The van der Waals surface area contributed by atoms with E-state index in [-0.39, 0.29) is 12.1 Å². The summed E-state index contributed by atoms with van der Waals surface area (Å²) in [5.41, 5.74) is 5.39. The Morgan fingerprint density at radius 2 is 2.11 bits per heavy atom. The molecule has 2 rings (SSSR count). The number of nitrogens with one attached hydrogen (secondary N) is 1. The van der Waals surface area contributed by atoms with E-state index in [2.05, 4.69) is 5.32 Å². The molecule has 1 saturated carbocycles. The van der Waals surface area contributed by atoms with Crippen molar-refractivity contribution in [1.82, 2.24) is 5.32 Å². The van der Waals surface area contributed by atoms with Crippen LogP contribution in [0.3, 0.4) is 0 Å². The maximum Gasteiger partial charge on any atom is 0.254 e. The van der Waals surface area contributed by atoms with Gasteiger partial charge in [0.1, 0.15) is 5.82 Å². The van der Waals surface area contributed by atoms with E-state index in [1.807, 2.05) is 0 Å². The van der Waals surface area contributed by atoms with E-state index in [9.17, 15) is 14.3 Å². The van der Waals surface area contributed by atoms with Crippen molar-refractivity contribution < 1.29 is 14.3 Å². The molecule has 1 aromatic rings. The largest absolute Gasteiger partial charge is 0.399 e. The Kier molecular flexibility index (Phi) is 3.75. The summed E-state index contributed by atoms with van der Waals surface area (Å²) in [6.07, 6.45) is 3.26. The highest BCUT2D eigenvalue weighted by Gasteiger charge is 2.31. The third-order valence-electron chi connectivity index (χ3n) is 3.63. The summed E-state index contributed by atoms with van der Waals surface area (Å²) in [7, 11) is 0. The molecule has 1 amide bonds. The van der Waals surface area contributed by atoms with Crippen molar-refractivity contribution in [2.45, 2.75) is 38.2 Å². The van der Waals surface area contributed by atoms with Crippen LogP contribution in [-0.2, 0) is 0 Å². The zero-order chi connectivity index (χ0) is 14.0. The predicted octanol–water partition coefficient (Wildman–Crippen LogP) is 1.75. The minimum absolute atomic E-state index is 0.0703. The molecule has 19 heavy (non-hydrogen) atoms. The topological polar surface area (TPSA) is 75.4 Å². The molecule has 0 aromatic heterocycles. The van der Waals surface area contributed by atoms with Crippen molar-refractivity contribution in [2.75, 3.05) is 12.3 Å². The highest BCUT2D eigenvalue weighted by molar-refractivity contribution is 5.95. The van der Waals surface area contributed by atoms with E-state index < -0.39 is 17.3 Å². The Hall–Kier alpha value is -1.62. The zero-order valence-electron chi connectivity index (χ0n) is 11.0. The van der Waals surface area contributed by atoms with Gasteiger partial charge in [-0.1, -0.05) is 12.8 Å². The van der Waals surface area contributed by atoms with Gasteiger partial charge in [-0.15, -0.1) is 0 Å². The number of carbonyl (C=O) groups is 1. The van der Waals surface area contributed by atoms with E-state index in [0.29, 0.717) is 24.1 Å². The highest BCUT2D eigenvalue weighted by Crippen LogP contribution is 2.28. The number of nitrogens with two attached hydrogens (primary N) is 1. The Morgan fingerprint density at radius 1 is 1.47 bits per heavy atom. The average Bonchev–Trinajstić information content (AvgIpc) is 2.78. The monoisotopic (exact) mass is 266 g/mol. The second-order valence-electron chi connectivity index (χ2n) is 5.31. The quantitative estimate of drug-likeness (QED) is 0.730. The summed E-state index contributed by atoms with van der Waals surface area (Å²) in [5.74, 6) is -1.10. The first-order chi connectivity index (χ1) is 8.91. The van der Waals surface area contributed by atoms with Gasteiger partial charge in [-0.2, -0.15) is 0 Å². The van der Waals surface area contributed by atoms with Gasteiger partial charge in [0.05, 0.1) is 11.2 Å². The lowest BCUT2D eigenvalue weighted by Gasteiger charge is -2.22. The number of hydrogen-bond donors (Lipinski definition) is 3. The van der Waals surface area contributed by atoms with Gasteiger partial charge in [-0.3, -0.25) is 4.79 Å². The van der Waals surface area contributed by atoms with Gasteiger partial charge >= 0.3 is 0 Å². The van der Waals surface area contributed by atoms with Crippen LogP contribution >= 0.6 is 0 Å². The number of halogens is 1. The van der Waals surface area contributed by atoms with E-state index in [1.165, 1.54) is 12.1 Å².